The van der Waals surface area contributed by atoms with Gasteiger partial charge in [-0.3, -0.25) is 4.79 Å². The van der Waals surface area contributed by atoms with Gasteiger partial charge < -0.3 is 20.1 Å². The highest BCUT2D eigenvalue weighted by molar-refractivity contribution is 6.46. The number of benzene rings is 3. The third-order valence-electron chi connectivity index (χ3n) is 3.92. The molecule has 0 saturated carbocycles. The number of hydrogen-bond donors (Lipinski definition) is 2. The fraction of sp³-hybridized carbons (Fsp3) is 0.0909. The van der Waals surface area contributed by atoms with Crippen molar-refractivity contribution in [2.24, 2.45) is 4.99 Å². The number of methoxy groups -OCH3 is 2. The predicted octanol–water partition coefficient (Wildman–Crippen LogP) is 4.48. The molecule has 0 aliphatic heterocycles. The molecule has 0 aliphatic carbocycles. The highest BCUT2D eigenvalue weighted by Crippen LogP contribution is 2.27. The number of rotatable bonds is 5. The van der Waals surface area contributed by atoms with Crippen molar-refractivity contribution >= 4 is 28.8 Å². The molecule has 0 radical (unpaired) electrons. The van der Waals surface area contributed by atoms with Crippen molar-refractivity contribution in [2.75, 3.05) is 24.9 Å². The van der Waals surface area contributed by atoms with E-state index in [9.17, 15) is 4.79 Å². The predicted molar refractivity (Wildman–Crippen MR) is 112 cm³/mol. The molecule has 0 saturated heterocycles. The summed E-state index contributed by atoms with van der Waals surface area (Å²) in [5.41, 5.74) is 1.84. The number of amidine groups is 1. The van der Waals surface area contributed by atoms with Crippen LogP contribution in [-0.2, 0) is 4.79 Å². The number of amides is 1. The van der Waals surface area contributed by atoms with E-state index >= 15 is 0 Å². The van der Waals surface area contributed by atoms with Gasteiger partial charge in [-0.25, -0.2) is 4.99 Å². The van der Waals surface area contributed by atoms with Crippen LogP contribution >= 0.6 is 0 Å². The summed E-state index contributed by atoms with van der Waals surface area (Å²) in [6.45, 7) is 0. The Labute approximate surface area is 163 Å². The molecule has 0 heterocycles. The third-order valence-corrected chi connectivity index (χ3v) is 3.92. The summed E-state index contributed by atoms with van der Waals surface area (Å²) >= 11 is 0. The van der Waals surface area contributed by atoms with Gasteiger partial charge in [0, 0.05) is 5.69 Å². The summed E-state index contributed by atoms with van der Waals surface area (Å²) < 4.78 is 10.6. The Morgan fingerprint density at radius 2 is 1.36 bits per heavy atom. The van der Waals surface area contributed by atoms with Crippen LogP contribution in [0.5, 0.6) is 11.5 Å². The van der Waals surface area contributed by atoms with E-state index in [1.54, 1.807) is 38.5 Å². The molecule has 6 heteroatoms. The van der Waals surface area contributed by atoms with Crippen molar-refractivity contribution in [3.8, 4) is 11.5 Å². The quantitative estimate of drug-likeness (QED) is 0.509. The second-order valence-corrected chi connectivity index (χ2v) is 5.78. The first-order valence-electron chi connectivity index (χ1n) is 8.69. The van der Waals surface area contributed by atoms with Gasteiger partial charge in [0.15, 0.2) is 5.84 Å². The smallest absolute Gasteiger partial charge is 0.291 e. The van der Waals surface area contributed by atoms with Crippen LogP contribution in [0.25, 0.3) is 0 Å². The second-order valence-electron chi connectivity index (χ2n) is 5.78. The normalized spacial score (nSPS) is 10.9. The summed E-state index contributed by atoms with van der Waals surface area (Å²) in [5.74, 6) is 0.855. The molecule has 3 aromatic carbocycles. The van der Waals surface area contributed by atoms with E-state index in [-0.39, 0.29) is 5.84 Å². The van der Waals surface area contributed by atoms with Gasteiger partial charge in [-0.15, -0.1) is 0 Å². The molecular formula is C22H21N3O3. The van der Waals surface area contributed by atoms with E-state index in [4.69, 9.17) is 9.47 Å². The maximum atomic E-state index is 13.0. The zero-order chi connectivity index (χ0) is 19.8. The maximum Gasteiger partial charge on any atom is 0.291 e. The van der Waals surface area contributed by atoms with E-state index < -0.39 is 5.91 Å². The molecule has 3 rings (SSSR count). The Morgan fingerprint density at radius 3 is 2.07 bits per heavy atom. The number of nitrogens with one attached hydrogen (secondary N) is 2. The molecule has 0 atom stereocenters. The SMILES string of the molecule is COc1ccccc1N=C(Nc1ccccc1)C(=O)Nc1ccccc1OC. The maximum absolute atomic E-state index is 13.0. The van der Waals surface area contributed by atoms with Gasteiger partial charge in [-0.05, 0) is 36.4 Å². The van der Waals surface area contributed by atoms with E-state index in [1.165, 1.54) is 0 Å². The van der Waals surface area contributed by atoms with Crippen LogP contribution in [-0.4, -0.2) is 26.0 Å². The van der Waals surface area contributed by atoms with Crippen LogP contribution in [0, 0.1) is 0 Å². The minimum atomic E-state index is -0.403. The van der Waals surface area contributed by atoms with Gasteiger partial charge in [-0.1, -0.05) is 42.5 Å². The van der Waals surface area contributed by atoms with Gasteiger partial charge in [0.1, 0.15) is 17.2 Å². The zero-order valence-electron chi connectivity index (χ0n) is 15.7. The monoisotopic (exact) mass is 375 g/mol. The molecule has 0 spiro atoms. The van der Waals surface area contributed by atoms with Gasteiger partial charge in [0.2, 0.25) is 0 Å². The van der Waals surface area contributed by atoms with E-state index in [1.807, 2.05) is 54.6 Å². The van der Waals surface area contributed by atoms with Gasteiger partial charge in [0.05, 0.1) is 19.9 Å². The molecule has 3 aromatic rings. The van der Waals surface area contributed by atoms with Crippen molar-refractivity contribution in [1.82, 2.24) is 0 Å². The van der Waals surface area contributed by atoms with Gasteiger partial charge in [0.25, 0.3) is 5.91 Å². The first-order chi connectivity index (χ1) is 13.7. The Bertz CT molecular complexity index is 972. The largest absolute Gasteiger partial charge is 0.495 e. The highest BCUT2D eigenvalue weighted by atomic mass is 16.5. The molecule has 0 bridgehead atoms. The fourth-order valence-electron chi connectivity index (χ4n) is 2.57. The number of anilines is 2. The Hall–Kier alpha value is -3.80. The van der Waals surface area contributed by atoms with Crippen molar-refractivity contribution in [2.45, 2.75) is 0 Å². The van der Waals surface area contributed by atoms with Crippen molar-refractivity contribution < 1.29 is 14.3 Å². The first-order valence-corrected chi connectivity index (χ1v) is 8.69. The summed E-state index contributed by atoms with van der Waals surface area (Å²) in [4.78, 5) is 17.5. The zero-order valence-corrected chi connectivity index (χ0v) is 15.7. The van der Waals surface area contributed by atoms with E-state index in [0.717, 1.165) is 5.69 Å². The van der Waals surface area contributed by atoms with Crippen LogP contribution in [0.1, 0.15) is 0 Å². The minimum Gasteiger partial charge on any atom is -0.495 e. The Morgan fingerprint density at radius 1 is 0.750 bits per heavy atom. The average molecular weight is 375 g/mol. The lowest BCUT2D eigenvalue weighted by atomic mass is 10.2. The highest BCUT2D eigenvalue weighted by Gasteiger charge is 2.15. The standard InChI is InChI=1S/C22H21N3O3/c1-27-19-14-8-6-12-17(19)24-21(23-16-10-4-3-5-11-16)22(26)25-18-13-7-9-15-20(18)28-2/h3-15H,1-2H3,(H,23,24)(H,25,26). The second kappa shape index (κ2) is 9.23. The van der Waals surface area contributed by atoms with Crippen LogP contribution in [0.3, 0.4) is 0 Å². The molecular weight excluding hydrogens is 354 g/mol. The lowest BCUT2D eigenvalue weighted by Crippen LogP contribution is -2.29. The molecule has 0 aliphatic rings. The first kappa shape index (κ1) is 19.0. The topological polar surface area (TPSA) is 72.0 Å². The fourth-order valence-corrected chi connectivity index (χ4v) is 2.57. The Kier molecular flexibility index (Phi) is 6.25. The molecule has 0 unspecified atom stereocenters. The summed E-state index contributed by atoms with van der Waals surface area (Å²) in [5, 5.41) is 5.92. The van der Waals surface area contributed by atoms with E-state index in [2.05, 4.69) is 15.6 Å². The van der Waals surface area contributed by atoms with Gasteiger partial charge in [-0.2, -0.15) is 0 Å². The summed E-state index contributed by atoms with van der Waals surface area (Å²) in [6.07, 6.45) is 0. The number of hydrogen-bond acceptors (Lipinski definition) is 4. The number of nitrogens with zero attached hydrogens (tertiary/aromatic N) is 1. The number of para-hydroxylation sites is 5. The molecule has 2 N–H and O–H groups in total. The van der Waals surface area contributed by atoms with Crippen molar-refractivity contribution in [3.63, 3.8) is 0 Å². The molecule has 28 heavy (non-hydrogen) atoms. The number of carbonyl (C=O) groups is 1. The number of aliphatic imine (C=N–C) groups is 1. The Balaban J connectivity index is 1.95. The van der Waals surface area contributed by atoms with E-state index in [0.29, 0.717) is 22.9 Å². The average Bonchev–Trinajstić information content (AvgIpc) is 2.74. The van der Waals surface area contributed by atoms with Crippen molar-refractivity contribution in [1.29, 1.82) is 0 Å². The summed E-state index contributed by atoms with van der Waals surface area (Å²) in [6, 6.07) is 23.8. The number of ether oxygens (including phenoxy) is 2. The van der Waals surface area contributed by atoms with Crippen LogP contribution in [0.15, 0.2) is 83.9 Å². The molecule has 0 fully saturated rings. The van der Waals surface area contributed by atoms with Gasteiger partial charge >= 0.3 is 0 Å². The van der Waals surface area contributed by atoms with Crippen molar-refractivity contribution in [3.05, 3.63) is 78.9 Å². The number of carbonyl (C=O) groups excluding carboxylic acids is 1. The minimum absolute atomic E-state index is 0.126. The molecule has 6 nitrogen and oxygen atoms in total. The lowest BCUT2D eigenvalue weighted by Gasteiger charge is -2.13. The summed E-state index contributed by atoms with van der Waals surface area (Å²) in [7, 11) is 3.12. The molecule has 1 amide bonds. The third kappa shape index (κ3) is 4.67. The van der Waals surface area contributed by atoms with Crippen LogP contribution in [0.4, 0.5) is 17.1 Å². The lowest BCUT2D eigenvalue weighted by molar-refractivity contribution is -0.110. The van der Waals surface area contributed by atoms with Crippen LogP contribution in [0.2, 0.25) is 0 Å². The van der Waals surface area contributed by atoms with Crippen LogP contribution < -0.4 is 20.1 Å². The molecule has 142 valence electrons. The molecule has 0 aromatic heterocycles.